The third kappa shape index (κ3) is 4.14. The van der Waals surface area contributed by atoms with E-state index in [1.165, 1.54) is 23.1 Å². The molecule has 0 aliphatic heterocycles. The second kappa shape index (κ2) is 7.71. The first-order valence-electron chi connectivity index (χ1n) is 7.07. The molecule has 1 amide bonds. The van der Waals surface area contributed by atoms with Crippen LogP contribution in [-0.2, 0) is 6.54 Å². The lowest BCUT2D eigenvalue weighted by molar-refractivity contribution is -0.385. The van der Waals surface area contributed by atoms with Crippen molar-refractivity contribution in [3.8, 4) is 6.07 Å². The first-order valence-corrected chi connectivity index (χ1v) is 7.07. The van der Waals surface area contributed by atoms with Gasteiger partial charge in [0.15, 0.2) is 0 Å². The van der Waals surface area contributed by atoms with E-state index in [-0.39, 0.29) is 24.2 Å². The second-order valence-electron chi connectivity index (χ2n) is 4.89. The van der Waals surface area contributed by atoms with Gasteiger partial charge >= 0.3 is 0 Å². The molecule has 0 aromatic heterocycles. The minimum Gasteiger partial charge on any atom is -0.333 e. The van der Waals surface area contributed by atoms with Gasteiger partial charge in [-0.1, -0.05) is 42.5 Å². The Morgan fingerprint density at radius 1 is 1.13 bits per heavy atom. The van der Waals surface area contributed by atoms with Crippen LogP contribution in [0.4, 0.5) is 5.69 Å². The van der Waals surface area contributed by atoms with Gasteiger partial charge in [-0.05, 0) is 11.6 Å². The normalized spacial score (nSPS) is 9.87. The molecular formula is C17H15N3O3. The number of para-hydroxylation sites is 1. The zero-order chi connectivity index (χ0) is 16.7. The number of rotatable bonds is 6. The van der Waals surface area contributed by atoms with Crippen LogP contribution in [0.1, 0.15) is 22.3 Å². The number of nitrogens with zero attached hydrogens (tertiary/aromatic N) is 3. The van der Waals surface area contributed by atoms with Crippen molar-refractivity contribution in [2.45, 2.75) is 13.0 Å². The molecule has 0 fully saturated rings. The summed E-state index contributed by atoms with van der Waals surface area (Å²) in [5, 5.41) is 19.9. The number of carbonyl (C=O) groups excluding carboxylic acids is 1. The first kappa shape index (κ1) is 16.2. The third-order valence-electron chi connectivity index (χ3n) is 3.33. The van der Waals surface area contributed by atoms with Crippen molar-refractivity contribution in [3.05, 3.63) is 75.8 Å². The Labute approximate surface area is 133 Å². The molecule has 2 aromatic rings. The molecule has 2 rings (SSSR count). The molecule has 0 radical (unpaired) electrons. The molecule has 0 saturated carbocycles. The van der Waals surface area contributed by atoms with Crippen LogP contribution in [0, 0.1) is 21.4 Å². The number of carbonyl (C=O) groups is 1. The number of nitro benzene ring substituents is 1. The van der Waals surface area contributed by atoms with E-state index < -0.39 is 10.8 Å². The molecule has 23 heavy (non-hydrogen) atoms. The summed E-state index contributed by atoms with van der Waals surface area (Å²) in [4.78, 5) is 24.7. The Morgan fingerprint density at radius 3 is 2.43 bits per heavy atom. The standard InChI is InChI=1S/C17H15N3O3/c18-11-6-12-19(13-14-7-2-1-3-8-14)17(21)15-9-4-5-10-16(15)20(22)23/h1-5,7-10H,6,12-13H2. The Morgan fingerprint density at radius 2 is 1.78 bits per heavy atom. The van der Waals surface area contributed by atoms with E-state index in [4.69, 9.17) is 5.26 Å². The van der Waals surface area contributed by atoms with Crippen molar-refractivity contribution in [2.75, 3.05) is 6.54 Å². The lowest BCUT2D eigenvalue weighted by Crippen LogP contribution is -2.31. The van der Waals surface area contributed by atoms with Gasteiger partial charge in [-0.2, -0.15) is 5.26 Å². The summed E-state index contributed by atoms with van der Waals surface area (Å²) in [6.07, 6.45) is 0.166. The van der Waals surface area contributed by atoms with E-state index in [9.17, 15) is 14.9 Å². The lowest BCUT2D eigenvalue weighted by Gasteiger charge is -2.21. The number of hydrogen-bond donors (Lipinski definition) is 0. The summed E-state index contributed by atoms with van der Waals surface area (Å²) < 4.78 is 0. The number of hydrogen-bond acceptors (Lipinski definition) is 4. The van der Waals surface area contributed by atoms with Crippen LogP contribution in [0.25, 0.3) is 0 Å². The van der Waals surface area contributed by atoms with Crippen LogP contribution in [0.15, 0.2) is 54.6 Å². The maximum Gasteiger partial charge on any atom is 0.282 e. The van der Waals surface area contributed by atoms with Gasteiger partial charge in [0, 0.05) is 19.2 Å². The molecule has 0 saturated heterocycles. The van der Waals surface area contributed by atoms with Crippen LogP contribution in [0.5, 0.6) is 0 Å². The molecule has 0 N–H and O–H groups in total. The summed E-state index contributed by atoms with van der Waals surface area (Å²) in [6.45, 7) is 0.518. The second-order valence-corrected chi connectivity index (χ2v) is 4.89. The Kier molecular flexibility index (Phi) is 5.42. The summed E-state index contributed by atoms with van der Waals surface area (Å²) in [7, 11) is 0. The summed E-state index contributed by atoms with van der Waals surface area (Å²) in [5.74, 6) is -0.448. The van der Waals surface area contributed by atoms with Crippen LogP contribution in [0.2, 0.25) is 0 Å². The van der Waals surface area contributed by atoms with Crippen molar-refractivity contribution in [1.82, 2.24) is 4.90 Å². The Balaban J connectivity index is 2.30. The van der Waals surface area contributed by atoms with Gasteiger partial charge in [0.2, 0.25) is 0 Å². The van der Waals surface area contributed by atoms with Gasteiger partial charge in [-0.15, -0.1) is 0 Å². The molecule has 0 heterocycles. The van der Waals surface area contributed by atoms with E-state index in [1.54, 1.807) is 6.07 Å². The average molecular weight is 309 g/mol. The van der Waals surface area contributed by atoms with Gasteiger partial charge in [0.1, 0.15) is 5.56 Å². The largest absolute Gasteiger partial charge is 0.333 e. The molecular weight excluding hydrogens is 294 g/mol. The predicted octanol–water partition coefficient (Wildman–Crippen LogP) is 3.15. The number of benzene rings is 2. The topological polar surface area (TPSA) is 87.2 Å². The molecule has 0 aliphatic rings. The molecule has 6 nitrogen and oxygen atoms in total. The van der Waals surface area contributed by atoms with Gasteiger partial charge in [-0.3, -0.25) is 14.9 Å². The van der Waals surface area contributed by atoms with Crippen LogP contribution in [-0.4, -0.2) is 22.3 Å². The van der Waals surface area contributed by atoms with Crippen LogP contribution in [0.3, 0.4) is 0 Å². The summed E-state index contributed by atoms with van der Waals surface area (Å²) in [6, 6.07) is 17.2. The third-order valence-corrected chi connectivity index (χ3v) is 3.33. The molecule has 0 atom stereocenters. The number of amides is 1. The maximum absolute atomic E-state index is 12.7. The van der Waals surface area contributed by atoms with Gasteiger partial charge in [0.25, 0.3) is 11.6 Å². The van der Waals surface area contributed by atoms with Crippen molar-refractivity contribution >= 4 is 11.6 Å². The number of nitro groups is 1. The molecule has 0 aliphatic carbocycles. The van der Waals surface area contributed by atoms with Crippen LogP contribution >= 0.6 is 0 Å². The zero-order valence-electron chi connectivity index (χ0n) is 12.4. The molecule has 116 valence electrons. The van der Waals surface area contributed by atoms with Crippen LogP contribution < -0.4 is 0 Å². The minimum absolute atomic E-state index is 0.0337. The Bertz CT molecular complexity index is 738. The number of nitriles is 1. The van der Waals surface area contributed by atoms with Gasteiger partial charge in [0.05, 0.1) is 17.4 Å². The van der Waals surface area contributed by atoms with E-state index >= 15 is 0 Å². The Hall–Kier alpha value is -3.20. The van der Waals surface area contributed by atoms with E-state index in [0.717, 1.165) is 5.56 Å². The lowest BCUT2D eigenvalue weighted by atomic mass is 10.1. The molecule has 6 heteroatoms. The van der Waals surface area contributed by atoms with Crippen molar-refractivity contribution < 1.29 is 9.72 Å². The predicted molar refractivity (Wildman–Crippen MR) is 84.5 cm³/mol. The van der Waals surface area contributed by atoms with Crippen molar-refractivity contribution in [3.63, 3.8) is 0 Å². The van der Waals surface area contributed by atoms with E-state index in [2.05, 4.69) is 0 Å². The molecule has 0 bridgehead atoms. The smallest absolute Gasteiger partial charge is 0.282 e. The highest BCUT2D eigenvalue weighted by Gasteiger charge is 2.24. The highest BCUT2D eigenvalue weighted by molar-refractivity contribution is 5.98. The minimum atomic E-state index is -0.571. The van der Waals surface area contributed by atoms with E-state index in [1.807, 2.05) is 36.4 Å². The van der Waals surface area contributed by atoms with Crippen molar-refractivity contribution in [2.24, 2.45) is 0 Å². The highest BCUT2D eigenvalue weighted by Crippen LogP contribution is 2.20. The fraction of sp³-hybridized carbons (Fsp3) is 0.176. The quantitative estimate of drug-likeness (QED) is 0.605. The highest BCUT2D eigenvalue weighted by atomic mass is 16.6. The fourth-order valence-corrected chi connectivity index (χ4v) is 2.23. The average Bonchev–Trinajstić information content (AvgIpc) is 2.58. The zero-order valence-corrected chi connectivity index (χ0v) is 12.4. The summed E-state index contributed by atoms with van der Waals surface area (Å²) in [5.41, 5.74) is 0.705. The van der Waals surface area contributed by atoms with Gasteiger partial charge < -0.3 is 4.90 Å². The molecule has 2 aromatic carbocycles. The molecule has 0 unspecified atom stereocenters. The SMILES string of the molecule is N#CCCN(Cc1ccccc1)C(=O)c1ccccc1[N+](=O)[O-]. The summed E-state index contributed by atoms with van der Waals surface area (Å²) >= 11 is 0. The van der Waals surface area contributed by atoms with E-state index in [0.29, 0.717) is 6.54 Å². The van der Waals surface area contributed by atoms with Gasteiger partial charge in [-0.25, -0.2) is 0 Å². The first-order chi connectivity index (χ1) is 11.1. The van der Waals surface area contributed by atoms with Crippen molar-refractivity contribution in [1.29, 1.82) is 5.26 Å². The maximum atomic E-state index is 12.7. The fourth-order valence-electron chi connectivity index (χ4n) is 2.23. The molecule has 0 spiro atoms. The monoisotopic (exact) mass is 309 g/mol.